The zero-order chi connectivity index (χ0) is 11.4. The third-order valence-corrected chi connectivity index (χ3v) is 1.20. The van der Waals surface area contributed by atoms with E-state index >= 15 is 0 Å². The number of halogens is 3. The Labute approximate surface area is 81.4 Å². The van der Waals surface area contributed by atoms with E-state index in [1.165, 1.54) is 0 Å². The Balaban J connectivity index is 4.45. The Kier molecular flexibility index (Phi) is 3.99. The van der Waals surface area contributed by atoms with Gasteiger partial charge < -0.3 is 5.84 Å². The molecule has 0 aliphatic rings. The van der Waals surface area contributed by atoms with Crippen LogP contribution in [-0.4, -0.2) is 11.9 Å². The molecule has 0 aromatic carbocycles. The van der Waals surface area contributed by atoms with Crippen molar-refractivity contribution in [1.82, 2.24) is 0 Å². The van der Waals surface area contributed by atoms with Crippen molar-refractivity contribution in [3.05, 3.63) is 0 Å². The SMILES string of the molecule is CC(C)(C)C#CCC(=NN)C(F)(F)F. The van der Waals surface area contributed by atoms with Gasteiger partial charge in [-0.3, -0.25) is 0 Å². The number of hydrogen-bond donors (Lipinski definition) is 1. The van der Waals surface area contributed by atoms with E-state index in [4.69, 9.17) is 0 Å². The minimum Gasteiger partial charge on any atom is -0.323 e. The zero-order valence-corrected chi connectivity index (χ0v) is 8.37. The fourth-order valence-electron chi connectivity index (χ4n) is 0.612. The molecule has 0 bridgehead atoms. The monoisotopic (exact) mass is 206 g/mol. The summed E-state index contributed by atoms with van der Waals surface area (Å²) in [6.07, 6.45) is -4.95. The molecule has 0 aromatic rings. The van der Waals surface area contributed by atoms with E-state index in [-0.39, 0.29) is 5.41 Å². The summed E-state index contributed by atoms with van der Waals surface area (Å²) in [6.45, 7) is 5.44. The van der Waals surface area contributed by atoms with E-state index in [2.05, 4.69) is 22.8 Å². The van der Waals surface area contributed by atoms with E-state index in [1.54, 1.807) is 0 Å². The van der Waals surface area contributed by atoms with Crippen molar-refractivity contribution in [3.63, 3.8) is 0 Å². The number of hydrogen-bond acceptors (Lipinski definition) is 2. The van der Waals surface area contributed by atoms with Crippen molar-refractivity contribution in [2.75, 3.05) is 0 Å². The quantitative estimate of drug-likeness (QED) is 0.304. The van der Waals surface area contributed by atoms with E-state index < -0.39 is 18.3 Å². The van der Waals surface area contributed by atoms with Crippen LogP contribution in [0.2, 0.25) is 0 Å². The van der Waals surface area contributed by atoms with Gasteiger partial charge in [0.25, 0.3) is 0 Å². The van der Waals surface area contributed by atoms with Gasteiger partial charge in [-0.2, -0.15) is 18.3 Å². The first-order chi connectivity index (χ1) is 6.17. The van der Waals surface area contributed by atoms with Gasteiger partial charge in [0.15, 0.2) is 5.71 Å². The van der Waals surface area contributed by atoms with Crippen LogP contribution < -0.4 is 5.84 Å². The average Bonchev–Trinajstić information content (AvgIpc) is 1.93. The maximum Gasteiger partial charge on any atom is 0.432 e. The summed E-state index contributed by atoms with van der Waals surface area (Å²) >= 11 is 0. The predicted octanol–water partition coefficient (Wildman–Crippen LogP) is 2.30. The summed E-state index contributed by atoms with van der Waals surface area (Å²) < 4.78 is 36.2. The third-order valence-electron chi connectivity index (χ3n) is 1.20. The number of nitrogens with two attached hydrogens (primary N) is 1. The molecule has 0 aliphatic carbocycles. The molecule has 0 atom stereocenters. The first-order valence-corrected chi connectivity index (χ1v) is 4.01. The van der Waals surface area contributed by atoms with Crippen LogP contribution in [0.4, 0.5) is 13.2 Å². The van der Waals surface area contributed by atoms with Crippen molar-refractivity contribution in [2.24, 2.45) is 16.4 Å². The van der Waals surface area contributed by atoms with Crippen molar-refractivity contribution in [2.45, 2.75) is 33.4 Å². The standard InChI is InChI=1S/C9H13F3N2/c1-8(2,3)6-4-5-7(14-13)9(10,11)12/h5,13H2,1-3H3. The van der Waals surface area contributed by atoms with Gasteiger partial charge >= 0.3 is 6.18 Å². The smallest absolute Gasteiger partial charge is 0.323 e. The molecule has 80 valence electrons. The van der Waals surface area contributed by atoms with Gasteiger partial charge in [0.2, 0.25) is 0 Å². The molecule has 0 unspecified atom stereocenters. The molecule has 14 heavy (non-hydrogen) atoms. The summed E-state index contributed by atoms with van der Waals surface area (Å²) in [5.41, 5.74) is -1.36. The molecule has 0 aromatic heterocycles. The molecule has 0 rings (SSSR count). The lowest BCUT2D eigenvalue weighted by atomic mass is 9.98. The Bertz CT molecular complexity index is 273. The molecule has 0 radical (unpaired) electrons. The molecule has 5 heteroatoms. The molecule has 0 aliphatic heterocycles. The van der Waals surface area contributed by atoms with Gasteiger partial charge in [-0.25, -0.2) is 0 Å². The highest BCUT2D eigenvalue weighted by molar-refractivity contribution is 5.91. The van der Waals surface area contributed by atoms with E-state index in [0.717, 1.165) is 0 Å². The highest BCUT2D eigenvalue weighted by Crippen LogP contribution is 2.19. The average molecular weight is 206 g/mol. The predicted molar refractivity (Wildman–Crippen MR) is 49.5 cm³/mol. The van der Waals surface area contributed by atoms with Crippen LogP contribution in [0.3, 0.4) is 0 Å². The lowest BCUT2D eigenvalue weighted by molar-refractivity contribution is -0.0600. The zero-order valence-electron chi connectivity index (χ0n) is 8.37. The number of hydrazone groups is 1. The second kappa shape index (κ2) is 4.36. The Morgan fingerprint density at radius 2 is 1.79 bits per heavy atom. The van der Waals surface area contributed by atoms with Crippen LogP contribution in [0, 0.1) is 17.3 Å². The van der Waals surface area contributed by atoms with Crippen LogP contribution in [0.5, 0.6) is 0 Å². The van der Waals surface area contributed by atoms with Gasteiger partial charge in [-0.05, 0) is 20.8 Å². The van der Waals surface area contributed by atoms with Gasteiger partial charge in [0, 0.05) is 5.41 Å². The third kappa shape index (κ3) is 5.46. The minimum atomic E-state index is -4.48. The van der Waals surface area contributed by atoms with Crippen LogP contribution in [0.15, 0.2) is 5.10 Å². The highest BCUT2D eigenvalue weighted by Gasteiger charge is 2.34. The second-order valence-corrected chi connectivity index (χ2v) is 3.80. The molecular formula is C9H13F3N2. The Hall–Kier alpha value is -1.18. The fraction of sp³-hybridized carbons (Fsp3) is 0.667. The van der Waals surface area contributed by atoms with Crippen LogP contribution in [0.1, 0.15) is 27.2 Å². The lowest BCUT2D eigenvalue weighted by Crippen LogP contribution is -2.23. The van der Waals surface area contributed by atoms with E-state index in [1.807, 2.05) is 20.8 Å². The lowest BCUT2D eigenvalue weighted by Gasteiger charge is -2.08. The maximum absolute atomic E-state index is 12.1. The first kappa shape index (κ1) is 12.8. The molecule has 2 N–H and O–H groups in total. The van der Waals surface area contributed by atoms with E-state index in [0.29, 0.717) is 0 Å². The van der Waals surface area contributed by atoms with Crippen molar-refractivity contribution in [1.29, 1.82) is 0 Å². The van der Waals surface area contributed by atoms with E-state index in [9.17, 15) is 13.2 Å². The Morgan fingerprint density at radius 1 is 1.29 bits per heavy atom. The molecule has 0 amide bonds. The van der Waals surface area contributed by atoms with Gasteiger partial charge in [-0.15, -0.1) is 0 Å². The maximum atomic E-state index is 12.1. The van der Waals surface area contributed by atoms with Crippen LogP contribution >= 0.6 is 0 Å². The van der Waals surface area contributed by atoms with Crippen LogP contribution in [0.25, 0.3) is 0 Å². The minimum absolute atomic E-state index is 0.314. The second-order valence-electron chi connectivity index (χ2n) is 3.80. The first-order valence-electron chi connectivity index (χ1n) is 4.01. The van der Waals surface area contributed by atoms with Crippen LogP contribution in [-0.2, 0) is 0 Å². The number of alkyl halides is 3. The summed E-state index contributed by atoms with van der Waals surface area (Å²) in [6, 6.07) is 0. The largest absolute Gasteiger partial charge is 0.432 e. The topological polar surface area (TPSA) is 38.4 Å². The van der Waals surface area contributed by atoms with Crippen molar-refractivity contribution in [3.8, 4) is 11.8 Å². The molecule has 0 fully saturated rings. The van der Waals surface area contributed by atoms with Gasteiger partial charge in [0.1, 0.15) is 0 Å². The molecule has 2 nitrogen and oxygen atoms in total. The number of nitrogens with zero attached hydrogens (tertiary/aromatic N) is 1. The van der Waals surface area contributed by atoms with Crippen molar-refractivity contribution >= 4 is 5.71 Å². The Morgan fingerprint density at radius 3 is 2.07 bits per heavy atom. The highest BCUT2D eigenvalue weighted by atomic mass is 19.4. The summed E-state index contributed by atoms with van der Waals surface area (Å²) in [7, 11) is 0. The molecular weight excluding hydrogens is 193 g/mol. The van der Waals surface area contributed by atoms with Gasteiger partial charge in [0.05, 0.1) is 6.42 Å². The normalized spacial score (nSPS) is 13.4. The van der Waals surface area contributed by atoms with Crippen molar-refractivity contribution < 1.29 is 13.2 Å². The summed E-state index contributed by atoms with van der Waals surface area (Å²) in [5.74, 6) is 9.68. The van der Waals surface area contributed by atoms with Gasteiger partial charge in [-0.1, -0.05) is 11.8 Å². The summed E-state index contributed by atoms with van der Waals surface area (Å²) in [4.78, 5) is 0. The fourth-order valence-corrected chi connectivity index (χ4v) is 0.612. The molecule has 0 spiro atoms. The number of rotatable bonds is 1. The molecule has 0 saturated carbocycles. The molecule has 0 saturated heterocycles. The summed E-state index contributed by atoms with van der Waals surface area (Å²) in [5, 5.41) is 2.67. The molecule has 0 heterocycles.